The highest BCUT2D eigenvalue weighted by Gasteiger charge is 2.28. The number of esters is 1. The maximum atomic E-state index is 12.6. The summed E-state index contributed by atoms with van der Waals surface area (Å²) in [6.45, 7) is 4.01. The summed E-state index contributed by atoms with van der Waals surface area (Å²) >= 11 is 2.98. The van der Waals surface area contributed by atoms with Gasteiger partial charge >= 0.3 is 5.97 Å². The Morgan fingerprint density at radius 2 is 2.03 bits per heavy atom. The highest BCUT2D eigenvalue weighted by molar-refractivity contribution is 7.99. The second-order valence-corrected chi connectivity index (χ2v) is 9.30. The fraction of sp³-hybridized carbons (Fsp3) is 0.364. The molecule has 0 radical (unpaired) electrons. The number of fused-ring (bicyclic) bond motifs is 1. The summed E-state index contributed by atoms with van der Waals surface area (Å²) in [7, 11) is 0. The van der Waals surface area contributed by atoms with Gasteiger partial charge in [-0.15, -0.1) is 21.5 Å². The van der Waals surface area contributed by atoms with E-state index in [1.165, 1.54) is 28.0 Å². The fourth-order valence-corrected chi connectivity index (χ4v) is 5.88. The molecule has 3 aromatic rings. The van der Waals surface area contributed by atoms with Gasteiger partial charge in [-0.2, -0.15) is 0 Å². The third-order valence-electron chi connectivity index (χ3n) is 5.02. The second-order valence-electron chi connectivity index (χ2n) is 7.13. The van der Waals surface area contributed by atoms with Gasteiger partial charge in [0.1, 0.15) is 10.8 Å². The maximum absolute atomic E-state index is 12.6. The molecular formula is C22H24N4O3S2. The lowest BCUT2D eigenvalue weighted by Gasteiger charge is -2.09. The third kappa shape index (κ3) is 4.67. The zero-order chi connectivity index (χ0) is 21.8. The Labute approximate surface area is 189 Å². The molecule has 1 amide bonds. The van der Waals surface area contributed by atoms with Crippen LogP contribution in [0.15, 0.2) is 35.5 Å². The summed E-state index contributed by atoms with van der Waals surface area (Å²) in [5, 5.41) is 12.7. The third-order valence-corrected chi connectivity index (χ3v) is 7.16. The lowest BCUT2D eigenvalue weighted by molar-refractivity contribution is -0.115. The van der Waals surface area contributed by atoms with Crippen molar-refractivity contribution in [2.45, 2.75) is 44.7 Å². The Morgan fingerprint density at radius 3 is 2.81 bits per heavy atom. The number of para-hydroxylation sites is 1. The Hall–Kier alpha value is -2.65. The predicted molar refractivity (Wildman–Crippen MR) is 122 cm³/mol. The van der Waals surface area contributed by atoms with E-state index in [-0.39, 0.29) is 11.9 Å². The van der Waals surface area contributed by atoms with Crippen LogP contribution in [0.4, 0.5) is 5.00 Å². The predicted octanol–water partition coefficient (Wildman–Crippen LogP) is 4.42. The number of nitrogens with one attached hydrogen (secondary N) is 1. The largest absolute Gasteiger partial charge is 0.462 e. The number of aryl methyl sites for hydroxylation is 2. The molecule has 2 heterocycles. The van der Waals surface area contributed by atoms with Crippen LogP contribution in [0, 0.1) is 6.92 Å². The molecule has 0 aliphatic heterocycles. The van der Waals surface area contributed by atoms with Crippen LogP contribution in [0.2, 0.25) is 0 Å². The molecular weight excluding hydrogens is 432 g/mol. The van der Waals surface area contributed by atoms with Gasteiger partial charge in [-0.1, -0.05) is 30.0 Å². The van der Waals surface area contributed by atoms with Crippen LogP contribution in [0.1, 0.15) is 46.4 Å². The van der Waals surface area contributed by atoms with Gasteiger partial charge in [-0.3, -0.25) is 9.36 Å². The van der Waals surface area contributed by atoms with Crippen LogP contribution < -0.4 is 5.32 Å². The van der Waals surface area contributed by atoms with E-state index in [1.54, 1.807) is 6.92 Å². The molecule has 7 nitrogen and oxygen atoms in total. The quantitative estimate of drug-likeness (QED) is 0.399. The van der Waals surface area contributed by atoms with Crippen LogP contribution in [0.25, 0.3) is 5.69 Å². The summed E-state index contributed by atoms with van der Waals surface area (Å²) in [6, 6.07) is 9.90. The molecule has 0 spiro atoms. The number of amides is 1. The molecule has 0 unspecified atom stereocenters. The first-order chi connectivity index (χ1) is 15.1. The lowest BCUT2D eigenvalue weighted by atomic mass is 10.1. The topological polar surface area (TPSA) is 86.1 Å². The highest BCUT2D eigenvalue weighted by atomic mass is 32.2. The van der Waals surface area contributed by atoms with Gasteiger partial charge in [-0.05, 0) is 50.8 Å². The molecule has 2 aromatic heterocycles. The number of hydrogen-bond acceptors (Lipinski definition) is 7. The number of thiophene rings is 1. The van der Waals surface area contributed by atoms with Gasteiger partial charge in [-0.25, -0.2) is 4.79 Å². The molecule has 0 fully saturated rings. The molecule has 0 saturated carbocycles. The van der Waals surface area contributed by atoms with Crippen molar-refractivity contribution in [1.29, 1.82) is 0 Å². The van der Waals surface area contributed by atoms with E-state index < -0.39 is 0 Å². The number of rotatable bonds is 8. The van der Waals surface area contributed by atoms with Gasteiger partial charge in [0.25, 0.3) is 0 Å². The molecule has 162 valence electrons. The summed E-state index contributed by atoms with van der Waals surface area (Å²) in [5.41, 5.74) is 2.57. The van der Waals surface area contributed by atoms with Crippen molar-refractivity contribution in [2.75, 3.05) is 17.7 Å². The lowest BCUT2D eigenvalue weighted by Crippen LogP contribution is -2.15. The average Bonchev–Trinajstić information content (AvgIpc) is 3.43. The zero-order valence-electron chi connectivity index (χ0n) is 17.5. The van der Waals surface area contributed by atoms with Crippen molar-refractivity contribution in [2.24, 2.45) is 0 Å². The normalized spacial score (nSPS) is 12.6. The van der Waals surface area contributed by atoms with E-state index in [1.807, 2.05) is 41.8 Å². The smallest absolute Gasteiger partial charge is 0.341 e. The molecule has 4 rings (SSSR count). The number of benzene rings is 1. The number of carbonyl (C=O) groups excluding carboxylic acids is 2. The average molecular weight is 457 g/mol. The Morgan fingerprint density at radius 1 is 1.23 bits per heavy atom. The zero-order valence-corrected chi connectivity index (χ0v) is 19.1. The molecule has 0 bridgehead atoms. The van der Waals surface area contributed by atoms with Gasteiger partial charge in [0, 0.05) is 22.7 Å². The summed E-state index contributed by atoms with van der Waals surface area (Å²) in [6.07, 6.45) is 3.16. The van der Waals surface area contributed by atoms with Gasteiger partial charge in [0.15, 0.2) is 5.16 Å². The van der Waals surface area contributed by atoms with Crippen molar-refractivity contribution >= 4 is 40.0 Å². The van der Waals surface area contributed by atoms with Crippen LogP contribution in [-0.2, 0) is 22.4 Å². The minimum absolute atomic E-state index is 0.125. The summed E-state index contributed by atoms with van der Waals surface area (Å²) in [4.78, 5) is 26.2. The van der Waals surface area contributed by atoms with E-state index in [2.05, 4.69) is 15.5 Å². The Bertz CT molecular complexity index is 1090. The van der Waals surface area contributed by atoms with Crippen molar-refractivity contribution in [3.8, 4) is 5.69 Å². The molecule has 0 atom stereocenters. The molecule has 1 N–H and O–H groups in total. The van der Waals surface area contributed by atoms with E-state index in [9.17, 15) is 9.59 Å². The molecule has 1 aromatic carbocycles. The van der Waals surface area contributed by atoms with E-state index in [4.69, 9.17) is 4.74 Å². The van der Waals surface area contributed by atoms with Crippen LogP contribution in [0.5, 0.6) is 0 Å². The van der Waals surface area contributed by atoms with Gasteiger partial charge in [0.05, 0.1) is 12.2 Å². The molecule has 1 aliphatic rings. The molecule has 31 heavy (non-hydrogen) atoms. The number of nitrogens with zero attached hydrogens (tertiary/aromatic N) is 3. The molecule has 0 saturated heterocycles. The number of ether oxygens (including phenoxy) is 1. The van der Waals surface area contributed by atoms with Crippen molar-refractivity contribution in [1.82, 2.24) is 14.8 Å². The first-order valence-corrected chi connectivity index (χ1v) is 12.1. The van der Waals surface area contributed by atoms with Crippen molar-refractivity contribution in [3.63, 3.8) is 0 Å². The standard InChI is InChI=1S/C22H24N4O3S2/c1-3-29-21(28)19-16-10-7-11-17(16)31-20(19)23-18(27)12-13-30-22-25-24-14(2)26(22)15-8-5-4-6-9-15/h4-6,8-9H,3,7,10-13H2,1-2H3,(H,23,27). The van der Waals surface area contributed by atoms with Crippen LogP contribution in [-0.4, -0.2) is 39.0 Å². The highest BCUT2D eigenvalue weighted by Crippen LogP contribution is 2.39. The number of aromatic nitrogens is 3. The fourth-order valence-electron chi connectivity index (χ4n) is 3.65. The summed E-state index contributed by atoms with van der Waals surface area (Å²) in [5.74, 6) is 0.875. The Kier molecular flexibility index (Phi) is 6.72. The summed E-state index contributed by atoms with van der Waals surface area (Å²) < 4.78 is 7.20. The minimum Gasteiger partial charge on any atom is -0.462 e. The van der Waals surface area contributed by atoms with E-state index >= 15 is 0 Å². The second kappa shape index (κ2) is 9.65. The van der Waals surface area contributed by atoms with Gasteiger partial charge < -0.3 is 10.1 Å². The van der Waals surface area contributed by atoms with Crippen LogP contribution >= 0.6 is 23.1 Å². The van der Waals surface area contributed by atoms with Crippen molar-refractivity contribution < 1.29 is 14.3 Å². The number of hydrogen-bond donors (Lipinski definition) is 1. The number of thioether (sulfide) groups is 1. The molecule has 1 aliphatic carbocycles. The van der Waals surface area contributed by atoms with Crippen molar-refractivity contribution in [3.05, 3.63) is 52.2 Å². The van der Waals surface area contributed by atoms with E-state index in [0.717, 1.165) is 41.5 Å². The van der Waals surface area contributed by atoms with Gasteiger partial charge in [0.2, 0.25) is 5.91 Å². The Balaban J connectivity index is 1.40. The first kappa shape index (κ1) is 21.6. The van der Waals surface area contributed by atoms with Crippen LogP contribution in [0.3, 0.4) is 0 Å². The first-order valence-electron chi connectivity index (χ1n) is 10.3. The minimum atomic E-state index is -0.349. The number of anilines is 1. The monoisotopic (exact) mass is 456 g/mol. The maximum Gasteiger partial charge on any atom is 0.341 e. The molecule has 9 heteroatoms. The number of carbonyl (C=O) groups is 2. The SMILES string of the molecule is CCOC(=O)c1c(NC(=O)CCSc2nnc(C)n2-c2ccccc2)sc2c1CCC2. The van der Waals surface area contributed by atoms with E-state index in [0.29, 0.717) is 29.3 Å².